The average molecular weight is 583 g/mol. The summed E-state index contributed by atoms with van der Waals surface area (Å²) in [6.07, 6.45) is 0. The minimum Gasteiger partial charge on any atom is -0.0622 e. The van der Waals surface area contributed by atoms with Gasteiger partial charge in [-0.05, 0) is 106 Å². The Hall–Kier alpha value is -5.98. The molecule has 0 N–H and O–H groups in total. The fourth-order valence-corrected chi connectivity index (χ4v) is 7.35. The molecule has 0 bridgehead atoms. The molecule has 0 heterocycles. The van der Waals surface area contributed by atoms with Gasteiger partial charge < -0.3 is 0 Å². The normalized spacial score (nSPS) is 11.5. The second-order valence-corrected chi connectivity index (χ2v) is 12.1. The second kappa shape index (κ2) is 10.9. The molecule has 0 radical (unpaired) electrons. The standard InChI is InChI=1S/C46H30/c1-2-14-32(15-3-1)43-29-33-17-4-5-18-34(33)30-44(43)46-41-25-10-8-23-39(41)45(40-24-9-11-26-42(40)46)36-21-12-20-35(28-36)38-27-13-19-31-16-6-7-22-37(31)38/h1-30H. The van der Waals surface area contributed by atoms with Crippen molar-refractivity contribution in [3.8, 4) is 44.5 Å². The van der Waals surface area contributed by atoms with Crippen LogP contribution in [0.3, 0.4) is 0 Å². The number of rotatable bonds is 4. The number of fused-ring (bicyclic) bond motifs is 4. The molecule has 0 aliphatic rings. The van der Waals surface area contributed by atoms with Gasteiger partial charge in [-0.3, -0.25) is 0 Å². The Balaban J connectivity index is 1.36. The maximum absolute atomic E-state index is 2.40. The summed E-state index contributed by atoms with van der Waals surface area (Å²) in [7, 11) is 0. The molecule has 0 atom stereocenters. The second-order valence-electron chi connectivity index (χ2n) is 12.1. The van der Waals surface area contributed by atoms with E-state index in [0.717, 1.165) is 0 Å². The fourth-order valence-electron chi connectivity index (χ4n) is 7.35. The van der Waals surface area contributed by atoms with Crippen LogP contribution >= 0.6 is 0 Å². The quantitative estimate of drug-likeness (QED) is 0.181. The number of hydrogen-bond donors (Lipinski definition) is 0. The van der Waals surface area contributed by atoms with E-state index < -0.39 is 0 Å². The first-order valence-electron chi connectivity index (χ1n) is 15.9. The van der Waals surface area contributed by atoms with Crippen molar-refractivity contribution < 1.29 is 0 Å². The lowest BCUT2D eigenvalue weighted by Gasteiger charge is -2.20. The van der Waals surface area contributed by atoms with E-state index in [-0.39, 0.29) is 0 Å². The largest absolute Gasteiger partial charge is 0.0622 e. The van der Waals surface area contributed by atoms with Crippen LogP contribution in [0, 0.1) is 0 Å². The van der Waals surface area contributed by atoms with Crippen molar-refractivity contribution in [3.63, 3.8) is 0 Å². The van der Waals surface area contributed by atoms with Crippen LogP contribution in [0.2, 0.25) is 0 Å². The van der Waals surface area contributed by atoms with Crippen molar-refractivity contribution in [1.29, 1.82) is 0 Å². The summed E-state index contributed by atoms with van der Waals surface area (Å²) in [5.41, 5.74) is 10.0. The monoisotopic (exact) mass is 582 g/mol. The van der Waals surface area contributed by atoms with Gasteiger partial charge in [0, 0.05) is 0 Å². The molecule has 9 rings (SSSR count). The van der Waals surface area contributed by atoms with Crippen LogP contribution in [-0.2, 0) is 0 Å². The van der Waals surface area contributed by atoms with Gasteiger partial charge in [0.25, 0.3) is 0 Å². The van der Waals surface area contributed by atoms with Gasteiger partial charge in [0.2, 0.25) is 0 Å². The maximum atomic E-state index is 2.40. The van der Waals surface area contributed by atoms with E-state index in [2.05, 4.69) is 182 Å². The van der Waals surface area contributed by atoms with Crippen LogP contribution in [0.4, 0.5) is 0 Å². The first-order chi connectivity index (χ1) is 22.8. The topological polar surface area (TPSA) is 0 Å². The Bertz CT molecular complexity index is 2510. The predicted molar refractivity (Wildman–Crippen MR) is 198 cm³/mol. The summed E-state index contributed by atoms with van der Waals surface area (Å²) in [4.78, 5) is 0. The lowest BCUT2D eigenvalue weighted by atomic mass is 9.82. The van der Waals surface area contributed by atoms with Crippen molar-refractivity contribution >= 4 is 43.1 Å². The zero-order valence-corrected chi connectivity index (χ0v) is 25.3. The molecule has 9 aromatic rings. The van der Waals surface area contributed by atoms with Gasteiger partial charge in [-0.2, -0.15) is 0 Å². The highest BCUT2D eigenvalue weighted by Gasteiger charge is 2.20. The van der Waals surface area contributed by atoms with Crippen molar-refractivity contribution in [2.45, 2.75) is 0 Å². The summed E-state index contributed by atoms with van der Waals surface area (Å²) < 4.78 is 0. The van der Waals surface area contributed by atoms with Gasteiger partial charge in [0.15, 0.2) is 0 Å². The Labute approximate surface area is 268 Å². The van der Waals surface area contributed by atoms with Crippen molar-refractivity contribution in [2.75, 3.05) is 0 Å². The smallest absolute Gasteiger partial charge is 0.00199 e. The van der Waals surface area contributed by atoms with Crippen LogP contribution in [0.1, 0.15) is 0 Å². The van der Waals surface area contributed by atoms with Crippen molar-refractivity contribution in [2.24, 2.45) is 0 Å². The summed E-state index contributed by atoms with van der Waals surface area (Å²) in [5, 5.41) is 10.1. The van der Waals surface area contributed by atoms with Gasteiger partial charge in [0.1, 0.15) is 0 Å². The first kappa shape index (κ1) is 26.4. The Morgan fingerprint density at radius 2 is 0.674 bits per heavy atom. The van der Waals surface area contributed by atoms with E-state index >= 15 is 0 Å². The van der Waals surface area contributed by atoms with Crippen LogP contribution in [0.15, 0.2) is 182 Å². The van der Waals surface area contributed by atoms with Gasteiger partial charge >= 0.3 is 0 Å². The minimum atomic E-state index is 1.23. The molecule has 0 unspecified atom stereocenters. The highest BCUT2D eigenvalue weighted by molar-refractivity contribution is 6.23. The Kier molecular flexibility index (Phi) is 6.25. The van der Waals surface area contributed by atoms with E-state index in [1.807, 2.05) is 0 Å². The summed E-state index contributed by atoms with van der Waals surface area (Å²) in [6, 6.07) is 66.6. The molecule has 46 heavy (non-hydrogen) atoms. The first-order valence-corrected chi connectivity index (χ1v) is 15.9. The Morgan fingerprint density at radius 3 is 1.35 bits per heavy atom. The summed E-state index contributed by atoms with van der Waals surface area (Å²) >= 11 is 0. The molecular formula is C46H30. The maximum Gasteiger partial charge on any atom is -0.00199 e. The molecule has 0 saturated heterocycles. The molecule has 0 saturated carbocycles. The minimum absolute atomic E-state index is 1.23. The number of hydrogen-bond acceptors (Lipinski definition) is 0. The van der Waals surface area contributed by atoms with Crippen molar-refractivity contribution in [3.05, 3.63) is 182 Å². The van der Waals surface area contributed by atoms with Gasteiger partial charge in [-0.15, -0.1) is 0 Å². The predicted octanol–water partition coefficient (Wildman–Crippen LogP) is 13.0. The molecule has 0 fully saturated rings. The van der Waals surface area contributed by atoms with E-state index in [9.17, 15) is 0 Å². The third-order valence-corrected chi connectivity index (χ3v) is 9.42. The third-order valence-electron chi connectivity index (χ3n) is 9.42. The number of benzene rings is 9. The fraction of sp³-hybridized carbons (Fsp3) is 0. The lowest BCUT2D eigenvalue weighted by Crippen LogP contribution is -1.93. The Morgan fingerprint density at radius 1 is 0.217 bits per heavy atom. The van der Waals surface area contributed by atoms with Gasteiger partial charge in [-0.1, -0.05) is 164 Å². The third kappa shape index (κ3) is 4.30. The van der Waals surface area contributed by atoms with Gasteiger partial charge in [-0.25, -0.2) is 0 Å². The molecule has 0 spiro atoms. The van der Waals surface area contributed by atoms with Crippen molar-refractivity contribution in [1.82, 2.24) is 0 Å². The molecular weight excluding hydrogens is 553 g/mol. The summed E-state index contributed by atoms with van der Waals surface area (Å²) in [5.74, 6) is 0. The molecule has 214 valence electrons. The highest BCUT2D eigenvalue weighted by atomic mass is 14.2. The SMILES string of the molecule is c1ccc(-c2cc3ccccc3cc2-c2c3ccccc3c(-c3cccc(-c4cccc5ccccc45)c3)c3ccccc23)cc1. The molecule has 0 heteroatoms. The average Bonchev–Trinajstić information content (AvgIpc) is 3.13. The zero-order chi connectivity index (χ0) is 30.5. The molecule has 0 aliphatic carbocycles. The molecule has 0 amide bonds. The zero-order valence-electron chi connectivity index (χ0n) is 25.3. The van der Waals surface area contributed by atoms with Crippen LogP contribution in [0.5, 0.6) is 0 Å². The molecule has 0 nitrogen and oxygen atoms in total. The summed E-state index contributed by atoms with van der Waals surface area (Å²) in [6.45, 7) is 0. The van der Waals surface area contributed by atoms with E-state index in [4.69, 9.17) is 0 Å². The highest BCUT2D eigenvalue weighted by Crippen LogP contribution is 2.47. The van der Waals surface area contributed by atoms with Crippen LogP contribution in [0.25, 0.3) is 87.6 Å². The van der Waals surface area contributed by atoms with Crippen LogP contribution in [-0.4, -0.2) is 0 Å². The molecule has 9 aromatic carbocycles. The van der Waals surface area contributed by atoms with E-state index in [0.29, 0.717) is 0 Å². The molecule has 0 aliphatic heterocycles. The molecule has 0 aromatic heterocycles. The van der Waals surface area contributed by atoms with E-state index in [1.165, 1.54) is 87.6 Å². The van der Waals surface area contributed by atoms with E-state index in [1.54, 1.807) is 0 Å². The van der Waals surface area contributed by atoms with Gasteiger partial charge in [0.05, 0.1) is 0 Å². The lowest BCUT2D eigenvalue weighted by molar-refractivity contribution is 1.62. The van der Waals surface area contributed by atoms with Crippen LogP contribution < -0.4 is 0 Å².